The van der Waals surface area contributed by atoms with E-state index in [1.165, 1.54) is 0 Å². The molecular weight excluding hydrogens is 216 g/mol. The van der Waals surface area contributed by atoms with Crippen molar-refractivity contribution in [3.05, 3.63) is 17.5 Å². The van der Waals surface area contributed by atoms with Crippen LogP contribution in [0, 0.1) is 12.8 Å². The molecule has 1 aromatic rings. The van der Waals surface area contributed by atoms with Crippen LogP contribution in [0.3, 0.4) is 0 Å². The Morgan fingerprint density at radius 2 is 2.12 bits per heavy atom. The summed E-state index contributed by atoms with van der Waals surface area (Å²) in [6.45, 7) is 7.36. The van der Waals surface area contributed by atoms with Crippen LogP contribution in [0.4, 0.5) is 0 Å². The van der Waals surface area contributed by atoms with Crippen molar-refractivity contribution in [2.75, 3.05) is 13.1 Å². The van der Waals surface area contributed by atoms with E-state index < -0.39 is 0 Å². The number of carbonyl (C=O) groups is 1. The van der Waals surface area contributed by atoms with Crippen molar-refractivity contribution >= 4 is 5.91 Å². The molecule has 1 aliphatic rings. The Bertz CT molecular complexity index is 424. The van der Waals surface area contributed by atoms with Gasteiger partial charge in [-0.3, -0.25) is 9.48 Å². The van der Waals surface area contributed by atoms with E-state index >= 15 is 0 Å². The summed E-state index contributed by atoms with van der Waals surface area (Å²) in [6.07, 6.45) is 0. The predicted octanol–water partition coefficient (Wildman–Crippen LogP) is 0.538. The van der Waals surface area contributed by atoms with Crippen molar-refractivity contribution in [2.24, 2.45) is 18.7 Å². The monoisotopic (exact) mass is 236 g/mol. The van der Waals surface area contributed by atoms with Gasteiger partial charge in [0.2, 0.25) is 0 Å². The standard InChI is InChI=1S/C12H20N4O/c1-8(2)12(13)6-16(7-12)11(17)10-5-9(3)15(4)14-10/h5,8H,6-7,13H2,1-4H3. The molecule has 2 rings (SSSR count). The lowest BCUT2D eigenvalue weighted by Gasteiger charge is -2.50. The van der Waals surface area contributed by atoms with Crippen LogP contribution in [0.15, 0.2) is 6.07 Å². The second kappa shape index (κ2) is 3.84. The first-order valence-corrected chi connectivity index (χ1v) is 5.92. The molecule has 0 spiro atoms. The summed E-state index contributed by atoms with van der Waals surface area (Å²) in [4.78, 5) is 13.9. The maximum Gasteiger partial charge on any atom is 0.274 e. The van der Waals surface area contributed by atoms with Crippen LogP contribution in [0.2, 0.25) is 0 Å². The highest BCUT2D eigenvalue weighted by molar-refractivity contribution is 5.93. The Hall–Kier alpha value is -1.36. The van der Waals surface area contributed by atoms with Gasteiger partial charge < -0.3 is 10.6 Å². The summed E-state index contributed by atoms with van der Waals surface area (Å²) in [6, 6.07) is 1.81. The fourth-order valence-corrected chi connectivity index (χ4v) is 2.00. The maximum absolute atomic E-state index is 12.1. The van der Waals surface area contributed by atoms with E-state index in [0.29, 0.717) is 24.7 Å². The van der Waals surface area contributed by atoms with E-state index in [1.807, 2.05) is 20.0 Å². The number of hydrogen-bond donors (Lipinski definition) is 1. The molecule has 1 saturated heterocycles. The average molecular weight is 236 g/mol. The lowest BCUT2D eigenvalue weighted by molar-refractivity contribution is 0.0269. The SMILES string of the molecule is Cc1cc(C(=O)N2CC(N)(C(C)C)C2)nn1C. The zero-order valence-electron chi connectivity index (χ0n) is 10.9. The number of rotatable bonds is 2. The highest BCUT2D eigenvalue weighted by Gasteiger charge is 2.44. The lowest BCUT2D eigenvalue weighted by Crippen LogP contribution is -2.71. The van der Waals surface area contributed by atoms with E-state index in [4.69, 9.17) is 5.73 Å². The number of likely N-dealkylation sites (tertiary alicyclic amines) is 1. The highest BCUT2D eigenvalue weighted by atomic mass is 16.2. The van der Waals surface area contributed by atoms with Crippen molar-refractivity contribution in [3.8, 4) is 0 Å². The van der Waals surface area contributed by atoms with Crippen LogP contribution in [0.25, 0.3) is 0 Å². The number of hydrogen-bond acceptors (Lipinski definition) is 3. The van der Waals surface area contributed by atoms with Gasteiger partial charge in [0.1, 0.15) is 0 Å². The average Bonchev–Trinajstić information content (AvgIpc) is 2.53. The van der Waals surface area contributed by atoms with E-state index in [1.54, 1.807) is 9.58 Å². The van der Waals surface area contributed by atoms with Crippen molar-refractivity contribution in [1.29, 1.82) is 0 Å². The van der Waals surface area contributed by atoms with Crippen molar-refractivity contribution in [1.82, 2.24) is 14.7 Å². The van der Waals surface area contributed by atoms with Gasteiger partial charge in [-0.2, -0.15) is 5.10 Å². The summed E-state index contributed by atoms with van der Waals surface area (Å²) >= 11 is 0. The van der Waals surface area contributed by atoms with Crippen LogP contribution >= 0.6 is 0 Å². The molecule has 1 amide bonds. The molecule has 17 heavy (non-hydrogen) atoms. The van der Waals surface area contributed by atoms with Gasteiger partial charge in [-0.1, -0.05) is 13.8 Å². The number of aryl methyl sites for hydroxylation is 2. The summed E-state index contributed by atoms with van der Waals surface area (Å²) in [7, 11) is 1.84. The molecule has 1 aliphatic heterocycles. The lowest BCUT2D eigenvalue weighted by atomic mass is 9.80. The van der Waals surface area contributed by atoms with Gasteiger partial charge in [0.05, 0.1) is 5.54 Å². The van der Waals surface area contributed by atoms with Crippen LogP contribution in [-0.2, 0) is 7.05 Å². The van der Waals surface area contributed by atoms with Gasteiger partial charge in [-0.15, -0.1) is 0 Å². The van der Waals surface area contributed by atoms with Crippen LogP contribution in [0.5, 0.6) is 0 Å². The van der Waals surface area contributed by atoms with Gasteiger partial charge in [-0.05, 0) is 18.9 Å². The van der Waals surface area contributed by atoms with Crippen molar-refractivity contribution < 1.29 is 4.79 Å². The molecule has 2 heterocycles. The first kappa shape index (κ1) is 12.1. The molecule has 2 N–H and O–H groups in total. The third kappa shape index (κ3) is 1.95. The minimum atomic E-state index is -0.223. The summed E-state index contributed by atoms with van der Waals surface area (Å²) in [5, 5.41) is 4.19. The molecule has 5 heteroatoms. The Morgan fingerprint density at radius 3 is 2.53 bits per heavy atom. The third-order valence-electron chi connectivity index (χ3n) is 3.74. The summed E-state index contributed by atoms with van der Waals surface area (Å²) in [5.41, 5.74) is 7.44. The molecule has 0 aliphatic carbocycles. The van der Waals surface area contributed by atoms with Gasteiger partial charge in [0, 0.05) is 25.8 Å². The Balaban J connectivity index is 2.05. The fourth-order valence-electron chi connectivity index (χ4n) is 2.00. The van der Waals surface area contributed by atoms with Gasteiger partial charge in [0.15, 0.2) is 5.69 Å². The number of nitrogens with two attached hydrogens (primary N) is 1. The molecule has 0 saturated carbocycles. The molecule has 1 aromatic heterocycles. The normalized spacial score (nSPS) is 18.4. The fraction of sp³-hybridized carbons (Fsp3) is 0.667. The molecule has 0 unspecified atom stereocenters. The topological polar surface area (TPSA) is 64.2 Å². The van der Waals surface area contributed by atoms with Gasteiger partial charge >= 0.3 is 0 Å². The van der Waals surface area contributed by atoms with Crippen molar-refractivity contribution in [2.45, 2.75) is 26.3 Å². The zero-order chi connectivity index (χ0) is 12.8. The number of amides is 1. The molecule has 5 nitrogen and oxygen atoms in total. The third-order valence-corrected chi connectivity index (χ3v) is 3.74. The predicted molar refractivity (Wildman–Crippen MR) is 65.6 cm³/mol. The van der Waals surface area contributed by atoms with E-state index in [0.717, 1.165) is 5.69 Å². The molecule has 1 fully saturated rings. The molecule has 0 aromatic carbocycles. The summed E-state index contributed by atoms with van der Waals surface area (Å²) in [5.74, 6) is 0.368. The number of aromatic nitrogens is 2. The van der Waals surface area contributed by atoms with Crippen LogP contribution < -0.4 is 5.73 Å². The first-order valence-electron chi connectivity index (χ1n) is 5.92. The molecule has 94 valence electrons. The molecule has 0 bridgehead atoms. The smallest absolute Gasteiger partial charge is 0.274 e. The summed E-state index contributed by atoms with van der Waals surface area (Å²) < 4.78 is 1.71. The maximum atomic E-state index is 12.1. The highest BCUT2D eigenvalue weighted by Crippen LogP contribution is 2.27. The minimum Gasteiger partial charge on any atom is -0.333 e. The Labute approximate surface area is 102 Å². The molecular formula is C12H20N4O. The number of carbonyl (C=O) groups excluding carboxylic acids is 1. The molecule has 0 radical (unpaired) electrons. The van der Waals surface area contributed by atoms with Crippen LogP contribution in [0.1, 0.15) is 30.0 Å². The second-order valence-corrected chi connectivity index (χ2v) is 5.34. The quantitative estimate of drug-likeness (QED) is 0.815. The van der Waals surface area contributed by atoms with E-state index in [9.17, 15) is 4.79 Å². The number of nitrogens with zero attached hydrogens (tertiary/aromatic N) is 3. The largest absolute Gasteiger partial charge is 0.333 e. The molecule has 0 atom stereocenters. The Morgan fingerprint density at radius 1 is 1.53 bits per heavy atom. The first-order chi connectivity index (χ1) is 7.83. The second-order valence-electron chi connectivity index (χ2n) is 5.34. The zero-order valence-corrected chi connectivity index (χ0v) is 10.9. The van der Waals surface area contributed by atoms with Crippen molar-refractivity contribution in [3.63, 3.8) is 0 Å². The minimum absolute atomic E-state index is 0.0181. The van der Waals surface area contributed by atoms with E-state index in [-0.39, 0.29) is 11.4 Å². The van der Waals surface area contributed by atoms with Gasteiger partial charge in [-0.25, -0.2) is 0 Å². The van der Waals surface area contributed by atoms with Gasteiger partial charge in [0.25, 0.3) is 5.91 Å². The Kier molecular flexibility index (Phi) is 2.73. The van der Waals surface area contributed by atoms with Crippen LogP contribution in [-0.4, -0.2) is 39.2 Å². The van der Waals surface area contributed by atoms with E-state index in [2.05, 4.69) is 18.9 Å².